The number of ether oxygens (including phenoxy) is 1. The molecule has 0 unspecified atom stereocenters. The maximum Gasteiger partial charge on any atom is 0.340 e. The summed E-state index contributed by atoms with van der Waals surface area (Å²) in [6.45, 7) is 2.63. The minimum Gasteiger partial charge on any atom is -0.452 e. The van der Waals surface area contributed by atoms with Crippen LogP contribution in [0.25, 0.3) is 0 Å². The number of benzene rings is 1. The molecule has 0 saturated heterocycles. The van der Waals surface area contributed by atoms with Crippen molar-refractivity contribution in [1.82, 2.24) is 10.6 Å². The van der Waals surface area contributed by atoms with Crippen molar-refractivity contribution >= 4 is 35.1 Å². The lowest BCUT2D eigenvalue weighted by Crippen LogP contribution is -2.41. The van der Waals surface area contributed by atoms with Gasteiger partial charge in [-0.1, -0.05) is 11.6 Å². The first-order valence-electron chi connectivity index (χ1n) is 6.87. The number of esters is 1. The highest BCUT2D eigenvalue weighted by atomic mass is 35.5. The molecule has 130 valence electrons. The van der Waals surface area contributed by atoms with E-state index < -0.39 is 23.4 Å². The number of rotatable bonds is 7. The number of halogens is 1. The number of hydrogen-bond donors (Lipinski definition) is 2. The highest BCUT2D eigenvalue weighted by Gasteiger charge is 2.18. The van der Waals surface area contributed by atoms with Gasteiger partial charge in [-0.25, -0.2) is 4.79 Å². The van der Waals surface area contributed by atoms with Crippen molar-refractivity contribution in [3.05, 3.63) is 38.9 Å². The van der Waals surface area contributed by atoms with Gasteiger partial charge in [0, 0.05) is 18.2 Å². The topological polar surface area (TPSA) is 128 Å². The minimum atomic E-state index is -0.981. The highest BCUT2D eigenvalue weighted by Crippen LogP contribution is 2.22. The van der Waals surface area contributed by atoms with Crippen LogP contribution in [0.2, 0.25) is 5.02 Å². The van der Waals surface area contributed by atoms with Gasteiger partial charge >= 0.3 is 5.97 Å². The third kappa shape index (κ3) is 6.21. The number of nitro groups is 1. The quantitative estimate of drug-likeness (QED) is 0.426. The Morgan fingerprint density at radius 1 is 1.29 bits per heavy atom. The van der Waals surface area contributed by atoms with Crippen molar-refractivity contribution in [2.45, 2.75) is 19.9 Å². The van der Waals surface area contributed by atoms with Gasteiger partial charge in [0.25, 0.3) is 11.6 Å². The van der Waals surface area contributed by atoms with E-state index in [9.17, 15) is 24.5 Å². The monoisotopic (exact) mass is 357 g/mol. The standard InChI is InChI=1S/C14H16ClN3O6/c1-8(2)17-12(19)6-16-13(20)7-24-14(21)10-5-9(18(22)23)3-4-11(10)15/h3-5,8H,6-7H2,1-2H3,(H,16,20)(H,17,19). The maximum absolute atomic E-state index is 11.8. The molecule has 9 nitrogen and oxygen atoms in total. The summed E-state index contributed by atoms with van der Waals surface area (Å²) >= 11 is 5.79. The van der Waals surface area contributed by atoms with Gasteiger partial charge in [-0.05, 0) is 19.9 Å². The van der Waals surface area contributed by atoms with Crippen molar-refractivity contribution in [3.63, 3.8) is 0 Å². The van der Waals surface area contributed by atoms with E-state index in [1.54, 1.807) is 13.8 Å². The largest absolute Gasteiger partial charge is 0.452 e. The molecule has 24 heavy (non-hydrogen) atoms. The summed E-state index contributed by atoms with van der Waals surface area (Å²) in [6, 6.07) is 3.22. The van der Waals surface area contributed by atoms with Gasteiger partial charge in [-0.3, -0.25) is 19.7 Å². The number of carbonyl (C=O) groups is 3. The number of amides is 2. The van der Waals surface area contributed by atoms with Crippen LogP contribution in [0.15, 0.2) is 18.2 Å². The third-order valence-electron chi connectivity index (χ3n) is 2.61. The molecular formula is C14H16ClN3O6. The lowest BCUT2D eigenvalue weighted by Gasteiger charge is -2.09. The molecule has 1 aromatic rings. The maximum atomic E-state index is 11.8. The van der Waals surface area contributed by atoms with Crippen LogP contribution in [0, 0.1) is 10.1 Å². The van der Waals surface area contributed by atoms with E-state index in [-0.39, 0.29) is 34.8 Å². The summed E-state index contributed by atoms with van der Waals surface area (Å²) < 4.78 is 4.73. The Kier molecular flexibility index (Phi) is 7.12. The first kappa shape index (κ1) is 19.4. The molecule has 1 rings (SSSR count). The molecule has 0 aromatic heterocycles. The zero-order valence-electron chi connectivity index (χ0n) is 13.0. The highest BCUT2D eigenvalue weighted by molar-refractivity contribution is 6.33. The lowest BCUT2D eigenvalue weighted by molar-refractivity contribution is -0.384. The average Bonchev–Trinajstić information content (AvgIpc) is 2.50. The van der Waals surface area contributed by atoms with Gasteiger partial charge < -0.3 is 15.4 Å². The van der Waals surface area contributed by atoms with Crippen molar-refractivity contribution in [2.75, 3.05) is 13.2 Å². The van der Waals surface area contributed by atoms with Crippen LogP contribution in [-0.4, -0.2) is 41.9 Å². The first-order valence-corrected chi connectivity index (χ1v) is 7.25. The van der Waals surface area contributed by atoms with E-state index in [0.29, 0.717) is 0 Å². The van der Waals surface area contributed by atoms with Gasteiger partial charge in [-0.2, -0.15) is 0 Å². The van der Waals surface area contributed by atoms with Gasteiger partial charge in [0.2, 0.25) is 5.91 Å². The first-order chi connectivity index (χ1) is 11.2. The normalized spacial score (nSPS) is 10.2. The summed E-state index contributed by atoms with van der Waals surface area (Å²) in [5.74, 6) is -2.05. The Bertz CT molecular complexity index is 662. The SMILES string of the molecule is CC(C)NC(=O)CNC(=O)COC(=O)c1cc([N+](=O)[O-])ccc1Cl. The molecule has 0 aliphatic rings. The van der Waals surface area contributed by atoms with Crippen molar-refractivity contribution in [2.24, 2.45) is 0 Å². The molecular weight excluding hydrogens is 342 g/mol. The zero-order chi connectivity index (χ0) is 18.3. The van der Waals surface area contributed by atoms with Crippen LogP contribution in [-0.2, 0) is 14.3 Å². The van der Waals surface area contributed by atoms with E-state index in [4.69, 9.17) is 16.3 Å². The van der Waals surface area contributed by atoms with Crippen LogP contribution in [0.3, 0.4) is 0 Å². The minimum absolute atomic E-state index is 0.0395. The van der Waals surface area contributed by atoms with Crippen LogP contribution in [0.4, 0.5) is 5.69 Å². The number of nitrogens with one attached hydrogen (secondary N) is 2. The fraction of sp³-hybridized carbons (Fsp3) is 0.357. The lowest BCUT2D eigenvalue weighted by atomic mass is 10.2. The Labute approximate surface area is 142 Å². The third-order valence-corrected chi connectivity index (χ3v) is 2.94. The van der Waals surface area contributed by atoms with Crippen molar-refractivity contribution < 1.29 is 24.0 Å². The molecule has 0 fully saturated rings. The summed E-state index contributed by atoms with van der Waals surface area (Å²) in [7, 11) is 0. The van der Waals surface area contributed by atoms with E-state index in [1.807, 2.05) is 0 Å². The van der Waals surface area contributed by atoms with Gasteiger partial charge in [0.05, 0.1) is 22.1 Å². The molecule has 10 heteroatoms. The van der Waals surface area contributed by atoms with E-state index in [1.165, 1.54) is 6.07 Å². The van der Waals surface area contributed by atoms with Crippen LogP contribution < -0.4 is 10.6 Å². The summed E-state index contributed by atoms with van der Waals surface area (Å²) in [4.78, 5) is 44.7. The molecule has 0 bridgehead atoms. The van der Waals surface area contributed by atoms with E-state index in [0.717, 1.165) is 12.1 Å². The van der Waals surface area contributed by atoms with Crippen LogP contribution in [0.1, 0.15) is 24.2 Å². The second-order valence-electron chi connectivity index (χ2n) is 5.00. The Balaban J connectivity index is 2.54. The number of nitro benzene ring substituents is 1. The predicted octanol–water partition coefficient (Wildman–Crippen LogP) is 1.05. The van der Waals surface area contributed by atoms with Crippen molar-refractivity contribution in [3.8, 4) is 0 Å². The van der Waals surface area contributed by atoms with Crippen LogP contribution >= 0.6 is 11.6 Å². The van der Waals surface area contributed by atoms with Gasteiger partial charge in [-0.15, -0.1) is 0 Å². The summed E-state index contributed by atoms with van der Waals surface area (Å²) in [5.41, 5.74) is -0.558. The molecule has 0 saturated carbocycles. The summed E-state index contributed by atoms with van der Waals surface area (Å²) in [5, 5.41) is 15.5. The zero-order valence-corrected chi connectivity index (χ0v) is 13.8. The number of nitrogens with zero attached hydrogens (tertiary/aromatic N) is 1. The summed E-state index contributed by atoms with van der Waals surface area (Å²) in [6.07, 6.45) is 0. The molecule has 0 atom stereocenters. The Morgan fingerprint density at radius 2 is 1.96 bits per heavy atom. The second kappa shape index (κ2) is 8.82. The molecule has 1 aromatic carbocycles. The fourth-order valence-electron chi connectivity index (χ4n) is 1.59. The number of hydrogen-bond acceptors (Lipinski definition) is 6. The molecule has 2 N–H and O–H groups in total. The number of carbonyl (C=O) groups excluding carboxylic acids is 3. The fourth-order valence-corrected chi connectivity index (χ4v) is 1.79. The Hall–Kier alpha value is -2.68. The predicted molar refractivity (Wildman–Crippen MR) is 84.7 cm³/mol. The van der Waals surface area contributed by atoms with Gasteiger partial charge in [0.1, 0.15) is 0 Å². The molecule has 0 aliphatic heterocycles. The molecule has 0 aliphatic carbocycles. The van der Waals surface area contributed by atoms with Gasteiger partial charge in [0.15, 0.2) is 6.61 Å². The molecule has 0 heterocycles. The average molecular weight is 358 g/mol. The molecule has 0 radical (unpaired) electrons. The smallest absolute Gasteiger partial charge is 0.340 e. The molecule has 2 amide bonds. The van der Waals surface area contributed by atoms with Crippen LogP contribution in [0.5, 0.6) is 0 Å². The van der Waals surface area contributed by atoms with Crippen molar-refractivity contribution in [1.29, 1.82) is 0 Å². The molecule has 0 spiro atoms. The second-order valence-corrected chi connectivity index (χ2v) is 5.40. The number of non-ortho nitro benzene ring substituents is 1. The van der Waals surface area contributed by atoms with E-state index >= 15 is 0 Å². The van der Waals surface area contributed by atoms with E-state index in [2.05, 4.69) is 10.6 Å². The Morgan fingerprint density at radius 3 is 2.54 bits per heavy atom.